The van der Waals surface area contributed by atoms with Gasteiger partial charge in [-0.25, -0.2) is 0 Å². The molecule has 0 radical (unpaired) electrons. The van der Waals surface area contributed by atoms with Crippen LogP contribution in [0.3, 0.4) is 0 Å². The zero-order chi connectivity index (χ0) is 14.1. The minimum absolute atomic E-state index is 0.0367. The van der Waals surface area contributed by atoms with Gasteiger partial charge < -0.3 is 10.4 Å². The van der Waals surface area contributed by atoms with E-state index in [4.69, 9.17) is 12.2 Å². The second kappa shape index (κ2) is 5.19. The lowest BCUT2D eigenvalue weighted by Gasteiger charge is -1.97. The number of hydrogen-bond donors (Lipinski definition) is 2. The van der Waals surface area contributed by atoms with Crippen LogP contribution >= 0.6 is 23.6 Å². The number of phenols is 1. The Hall–Kier alpha value is -1.98. The molecule has 0 atom stereocenters. The lowest BCUT2D eigenvalue weighted by Crippen LogP contribution is -2.10. The van der Waals surface area contributed by atoms with Crippen LogP contribution in [0.4, 0.5) is 0 Å². The summed E-state index contributed by atoms with van der Waals surface area (Å²) in [5, 5.41) is 12.2. The summed E-state index contributed by atoms with van der Waals surface area (Å²) in [6, 6.07) is 11.0. The largest absolute Gasteiger partial charge is 0.508 e. The normalized spacial score (nSPS) is 16.7. The molecule has 0 saturated carbocycles. The van der Waals surface area contributed by atoms with E-state index in [1.54, 1.807) is 23.5 Å². The summed E-state index contributed by atoms with van der Waals surface area (Å²) in [4.78, 5) is 14.3. The number of thiocarbonyl (C=S) groups is 1. The molecule has 3 nitrogen and oxygen atoms in total. The smallest absolute Gasteiger partial charge is 0.185 e. The van der Waals surface area contributed by atoms with Crippen LogP contribution in [0.5, 0.6) is 5.75 Å². The molecule has 1 aliphatic heterocycles. The average molecular weight is 301 g/mol. The minimum Gasteiger partial charge on any atom is -0.508 e. The van der Waals surface area contributed by atoms with Gasteiger partial charge in [-0.3, -0.25) is 4.79 Å². The van der Waals surface area contributed by atoms with E-state index in [1.165, 1.54) is 0 Å². The predicted octanol–water partition coefficient (Wildman–Crippen LogP) is 3.35. The summed E-state index contributed by atoms with van der Waals surface area (Å²) in [6.45, 7) is 0. The number of Topliss-reactive ketones (excluding diaryl/α,β-unsaturated/α-hetero) is 1. The van der Waals surface area contributed by atoms with Gasteiger partial charge in [-0.2, -0.15) is 0 Å². The molecule has 1 aliphatic rings. The van der Waals surface area contributed by atoms with Crippen molar-refractivity contribution in [3.05, 3.63) is 47.0 Å². The van der Waals surface area contributed by atoms with Crippen molar-refractivity contribution in [2.24, 2.45) is 0 Å². The number of benzene rings is 1. The first kappa shape index (κ1) is 13.0. The first-order valence-corrected chi connectivity index (χ1v) is 7.28. The summed E-state index contributed by atoms with van der Waals surface area (Å²) < 4.78 is 0. The lowest BCUT2D eigenvalue weighted by atomic mass is 10.2. The zero-order valence-corrected chi connectivity index (χ0v) is 12.1. The van der Waals surface area contributed by atoms with Gasteiger partial charge in [0.05, 0.1) is 17.1 Å². The number of allylic oxidation sites excluding steroid dienone is 1. The zero-order valence-electron chi connectivity index (χ0n) is 10.4. The van der Waals surface area contributed by atoms with Gasteiger partial charge >= 0.3 is 0 Å². The van der Waals surface area contributed by atoms with Crippen LogP contribution in [0.1, 0.15) is 11.3 Å². The Morgan fingerprint density at radius 1 is 1.20 bits per heavy atom. The number of rotatable bonds is 2. The van der Waals surface area contributed by atoms with E-state index in [9.17, 15) is 9.90 Å². The molecule has 5 heteroatoms. The van der Waals surface area contributed by atoms with E-state index in [0.717, 1.165) is 15.3 Å². The summed E-state index contributed by atoms with van der Waals surface area (Å²) in [6.07, 6.45) is 2.13. The maximum absolute atomic E-state index is 11.7. The Balaban J connectivity index is 1.87. The highest BCUT2D eigenvalue weighted by molar-refractivity contribution is 7.80. The molecule has 20 heavy (non-hydrogen) atoms. The van der Waals surface area contributed by atoms with Crippen molar-refractivity contribution in [2.75, 3.05) is 0 Å². The molecule has 1 fully saturated rings. The number of ketones is 1. The second-order valence-electron chi connectivity index (χ2n) is 4.46. The Bertz CT molecular complexity index is 714. The van der Waals surface area contributed by atoms with Gasteiger partial charge in [0.25, 0.3) is 0 Å². The Morgan fingerprint density at radius 2 is 1.95 bits per heavy atom. The van der Waals surface area contributed by atoms with Crippen molar-refractivity contribution >= 4 is 40.4 Å². The topological polar surface area (TPSA) is 49.3 Å². The van der Waals surface area contributed by atoms with Crippen LogP contribution in [-0.4, -0.2) is 15.9 Å². The number of hydrogen-bond acceptors (Lipinski definition) is 4. The first-order chi connectivity index (χ1) is 9.61. The molecule has 1 aromatic heterocycles. The summed E-state index contributed by atoms with van der Waals surface area (Å²) >= 11 is 6.58. The fourth-order valence-electron chi connectivity index (χ4n) is 1.98. The van der Waals surface area contributed by atoms with Gasteiger partial charge in [-0.05, 0) is 48.0 Å². The Kier molecular flexibility index (Phi) is 3.38. The molecule has 1 saturated heterocycles. The van der Waals surface area contributed by atoms with E-state index in [0.29, 0.717) is 17.1 Å². The molecular weight excluding hydrogens is 290 g/mol. The molecule has 2 N–H and O–H groups in total. The number of carbonyl (C=O) groups excluding carboxylic acids is 1. The Labute approximate surface area is 125 Å². The van der Waals surface area contributed by atoms with Gasteiger partial charge in [-0.15, -0.1) is 11.3 Å². The van der Waals surface area contributed by atoms with Gasteiger partial charge in [0.2, 0.25) is 0 Å². The van der Waals surface area contributed by atoms with Crippen LogP contribution in [0, 0.1) is 0 Å². The second-order valence-corrected chi connectivity index (χ2v) is 6.06. The highest BCUT2D eigenvalue weighted by Gasteiger charge is 2.21. The number of aromatic hydroxyl groups is 1. The van der Waals surface area contributed by atoms with Crippen LogP contribution in [0.15, 0.2) is 42.1 Å². The molecule has 2 aromatic rings. The maximum Gasteiger partial charge on any atom is 0.185 e. The monoisotopic (exact) mass is 301 g/mol. The SMILES string of the molecule is O=C1CC(=S)N/C1=C/c1ccc(-c2ccc(O)cc2)s1. The quantitative estimate of drug-likeness (QED) is 0.660. The molecule has 0 unspecified atom stereocenters. The molecule has 2 heterocycles. The van der Waals surface area contributed by atoms with E-state index < -0.39 is 0 Å². The summed E-state index contributed by atoms with van der Waals surface area (Å²) in [5.41, 5.74) is 1.60. The molecule has 100 valence electrons. The molecule has 3 rings (SSSR count). The average Bonchev–Trinajstić information content (AvgIpc) is 2.98. The highest BCUT2D eigenvalue weighted by Crippen LogP contribution is 2.30. The third kappa shape index (κ3) is 2.64. The number of nitrogens with one attached hydrogen (secondary N) is 1. The number of carbonyl (C=O) groups is 1. The third-order valence-electron chi connectivity index (χ3n) is 2.96. The van der Waals surface area contributed by atoms with Crippen molar-refractivity contribution in [3.8, 4) is 16.2 Å². The fourth-order valence-corrected chi connectivity index (χ4v) is 3.17. The van der Waals surface area contributed by atoms with Crippen molar-refractivity contribution in [2.45, 2.75) is 6.42 Å². The minimum atomic E-state index is 0.0367. The fraction of sp³-hybridized carbons (Fsp3) is 0.0667. The van der Waals surface area contributed by atoms with E-state index in [2.05, 4.69) is 5.32 Å². The predicted molar refractivity (Wildman–Crippen MR) is 84.8 cm³/mol. The van der Waals surface area contributed by atoms with E-state index in [-0.39, 0.29) is 11.5 Å². The van der Waals surface area contributed by atoms with Crippen molar-refractivity contribution < 1.29 is 9.90 Å². The van der Waals surface area contributed by atoms with Gasteiger partial charge in [0.1, 0.15) is 5.75 Å². The van der Waals surface area contributed by atoms with E-state index in [1.807, 2.05) is 30.3 Å². The molecule has 0 bridgehead atoms. The van der Waals surface area contributed by atoms with Crippen LogP contribution < -0.4 is 5.32 Å². The van der Waals surface area contributed by atoms with Gasteiger partial charge in [0, 0.05) is 9.75 Å². The first-order valence-electron chi connectivity index (χ1n) is 6.06. The van der Waals surface area contributed by atoms with Crippen molar-refractivity contribution in [1.82, 2.24) is 5.32 Å². The molecule has 0 amide bonds. The molecule has 0 spiro atoms. The summed E-state index contributed by atoms with van der Waals surface area (Å²) in [7, 11) is 0. The van der Waals surface area contributed by atoms with Crippen LogP contribution in [-0.2, 0) is 4.79 Å². The van der Waals surface area contributed by atoms with Crippen molar-refractivity contribution in [3.63, 3.8) is 0 Å². The van der Waals surface area contributed by atoms with E-state index >= 15 is 0 Å². The van der Waals surface area contributed by atoms with Crippen LogP contribution in [0.2, 0.25) is 0 Å². The number of phenolic OH excluding ortho intramolecular Hbond substituents is 1. The molecule has 0 aliphatic carbocycles. The van der Waals surface area contributed by atoms with Gasteiger partial charge in [0.15, 0.2) is 5.78 Å². The van der Waals surface area contributed by atoms with Crippen LogP contribution in [0.25, 0.3) is 16.5 Å². The highest BCUT2D eigenvalue weighted by atomic mass is 32.1. The Morgan fingerprint density at radius 3 is 2.60 bits per heavy atom. The third-order valence-corrected chi connectivity index (χ3v) is 4.29. The number of thiophene rings is 1. The lowest BCUT2D eigenvalue weighted by molar-refractivity contribution is -0.113. The van der Waals surface area contributed by atoms with Gasteiger partial charge in [-0.1, -0.05) is 12.2 Å². The summed E-state index contributed by atoms with van der Waals surface area (Å²) in [5.74, 6) is 0.288. The maximum atomic E-state index is 11.7. The van der Waals surface area contributed by atoms with Crippen molar-refractivity contribution in [1.29, 1.82) is 0 Å². The molecular formula is C15H11NO2S2. The molecule has 1 aromatic carbocycles. The standard InChI is InChI=1S/C15H11NO2S2/c17-10-3-1-9(2-4-10)14-6-5-11(20-14)7-12-13(18)8-15(19)16-12/h1-7,17H,8H2,(H,16,19)/b12-7+.